The number of nitrogens with zero attached hydrogens (tertiary/aromatic N) is 4. The third-order valence-electron chi connectivity index (χ3n) is 3.84. The molecule has 9 heteroatoms. The zero-order chi connectivity index (χ0) is 19.4. The van der Waals surface area contributed by atoms with Crippen LogP contribution in [0.2, 0.25) is 0 Å². The van der Waals surface area contributed by atoms with Gasteiger partial charge in [0, 0.05) is 18.0 Å². The minimum atomic E-state index is -0.503. The molecule has 27 heavy (non-hydrogen) atoms. The number of anilines is 1. The number of imidazole rings is 1. The molecule has 8 nitrogen and oxygen atoms in total. The Balaban J connectivity index is 2.22. The maximum absolute atomic E-state index is 12.0. The van der Waals surface area contributed by atoms with Gasteiger partial charge in [-0.1, -0.05) is 5.92 Å². The molecular weight excluding hydrogens is 368 g/mol. The predicted molar refractivity (Wildman–Crippen MR) is 100 cm³/mol. The average molecular weight is 384 g/mol. The number of methoxy groups -OCH3 is 2. The van der Waals surface area contributed by atoms with Crippen LogP contribution in [-0.2, 0) is 19.1 Å². The van der Waals surface area contributed by atoms with Gasteiger partial charge in [0.15, 0.2) is 5.65 Å². The Morgan fingerprint density at radius 2 is 2.00 bits per heavy atom. The normalized spacial score (nSPS) is 10.4. The standard InChI is InChI=1S/C18H16N4O4S/c1-4-12-5-8-27-17(12)16-18(22-7-6-19-9-13(22)20-16)21(10-14(23)25-2)11-15(24)26-3/h1,5-9H,10-11H2,2-3H3. The number of rotatable bonds is 6. The van der Waals surface area contributed by atoms with E-state index >= 15 is 0 Å². The van der Waals surface area contributed by atoms with Crippen molar-refractivity contribution in [2.75, 3.05) is 32.2 Å². The first-order chi connectivity index (χ1) is 13.1. The lowest BCUT2D eigenvalue weighted by Crippen LogP contribution is -2.36. The third kappa shape index (κ3) is 3.61. The second-order valence-corrected chi connectivity index (χ2v) is 6.32. The molecule has 3 rings (SSSR count). The zero-order valence-corrected chi connectivity index (χ0v) is 15.5. The number of ether oxygens (including phenoxy) is 2. The maximum Gasteiger partial charge on any atom is 0.325 e. The Kier molecular flexibility index (Phi) is 5.38. The molecule has 3 aromatic rings. The van der Waals surface area contributed by atoms with Gasteiger partial charge in [0.05, 0.1) is 25.3 Å². The average Bonchev–Trinajstić information content (AvgIpc) is 3.30. The van der Waals surface area contributed by atoms with Crippen molar-refractivity contribution in [3.63, 3.8) is 0 Å². The summed E-state index contributed by atoms with van der Waals surface area (Å²) in [5, 5.41) is 1.86. The summed E-state index contributed by atoms with van der Waals surface area (Å²) < 4.78 is 11.3. The number of hydrogen-bond donors (Lipinski definition) is 0. The first-order valence-electron chi connectivity index (χ1n) is 7.84. The van der Waals surface area contributed by atoms with Crippen LogP contribution in [0.25, 0.3) is 16.2 Å². The Morgan fingerprint density at radius 1 is 1.30 bits per heavy atom. The number of thiophene rings is 1. The van der Waals surface area contributed by atoms with E-state index in [1.807, 2.05) is 11.4 Å². The quantitative estimate of drug-likeness (QED) is 0.471. The fourth-order valence-electron chi connectivity index (χ4n) is 2.60. The van der Waals surface area contributed by atoms with Crippen molar-refractivity contribution in [3.05, 3.63) is 35.6 Å². The molecule has 0 N–H and O–H groups in total. The summed E-state index contributed by atoms with van der Waals surface area (Å²) in [5.41, 5.74) is 1.78. The smallest absolute Gasteiger partial charge is 0.325 e. The van der Waals surface area contributed by atoms with Gasteiger partial charge in [-0.15, -0.1) is 17.8 Å². The van der Waals surface area contributed by atoms with Gasteiger partial charge in [0.1, 0.15) is 24.6 Å². The summed E-state index contributed by atoms with van der Waals surface area (Å²) >= 11 is 1.43. The lowest BCUT2D eigenvalue weighted by Gasteiger charge is -2.22. The Bertz CT molecular complexity index is 1020. The van der Waals surface area contributed by atoms with Gasteiger partial charge in [-0.2, -0.15) is 0 Å². The van der Waals surface area contributed by atoms with Crippen molar-refractivity contribution in [3.8, 4) is 22.9 Å². The number of terminal acetylenes is 1. The van der Waals surface area contributed by atoms with Crippen LogP contribution in [0.1, 0.15) is 5.56 Å². The van der Waals surface area contributed by atoms with Crippen molar-refractivity contribution < 1.29 is 19.1 Å². The molecule has 0 aromatic carbocycles. The summed E-state index contributed by atoms with van der Waals surface area (Å²) in [7, 11) is 2.57. The summed E-state index contributed by atoms with van der Waals surface area (Å²) in [5.74, 6) is 2.16. The summed E-state index contributed by atoms with van der Waals surface area (Å²) in [6.45, 7) is -0.322. The van der Waals surface area contributed by atoms with E-state index in [0.717, 1.165) is 4.88 Å². The molecule has 0 aliphatic rings. The van der Waals surface area contributed by atoms with Crippen molar-refractivity contribution in [1.82, 2.24) is 14.4 Å². The lowest BCUT2D eigenvalue weighted by atomic mass is 10.2. The van der Waals surface area contributed by atoms with Crippen LogP contribution in [0.5, 0.6) is 0 Å². The fourth-order valence-corrected chi connectivity index (χ4v) is 3.44. The molecular formula is C18H16N4O4S. The van der Waals surface area contributed by atoms with E-state index < -0.39 is 11.9 Å². The largest absolute Gasteiger partial charge is 0.468 e. The van der Waals surface area contributed by atoms with E-state index in [1.54, 1.807) is 27.9 Å². The summed E-state index contributed by atoms with van der Waals surface area (Å²) in [4.78, 5) is 34.9. The molecule has 0 saturated carbocycles. The van der Waals surface area contributed by atoms with Gasteiger partial charge in [-0.25, -0.2) is 4.98 Å². The van der Waals surface area contributed by atoms with E-state index in [-0.39, 0.29) is 13.1 Å². The molecule has 0 atom stereocenters. The topological polar surface area (TPSA) is 86.0 Å². The Morgan fingerprint density at radius 3 is 2.63 bits per heavy atom. The molecule has 0 bridgehead atoms. The summed E-state index contributed by atoms with van der Waals surface area (Å²) in [6.07, 6.45) is 10.5. The lowest BCUT2D eigenvalue weighted by molar-refractivity contribution is -0.140. The molecule has 0 unspecified atom stereocenters. The zero-order valence-electron chi connectivity index (χ0n) is 14.7. The fraction of sp³-hybridized carbons (Fsp3) is 0.222. The highest BCUT2D eigenvalue weighted by Gasteiger charge is 2.26. The molecule has 138 valence electrons. The molecule has 0 aliphatic carbocycles. The number of carbonyl (C=O) groups is 2. The van der Waals surface area contributed by atoms with E-state index in [2.05, 4.69) is 15.9 Å². The molecule has 3 aromatic heterocycles. The monoisotopic (exact) mass is 384 g/mol. The van der Waals surface area contributed by atoms with Gasteiger partial charge in [0.2, 0.25) is 0 Å². The number of aromatic nitrogens is 3. The van der Waals surface area contributed by atoms with E-state index in [4.69, 9.17) is 15.9 Å². The predicted octanol–water partition coefficient (Wildman–Crippen LogP) is 1.59. The molecule has 0 fully saturated rings. The number of carbonyl (C=O) groups excluding carboxylic acids is 2. The van der Waals surface area contributed by atoms with Gasteiger partial charge in [0.25, 0.3) is 0 Å². The van der Waals surface area contributed by atoms with Crippen LogP contribution < -0.4 is 4.90 Å². The second kappa shape index (κ2) is 7.88. The van der Waals surface area contributed by atoms with Gasteiger partial charge < -0.3 is 14.4 Å². The molecule has 0 spiro atoms. The highest BCUT2D eigenvalue weighted by atomic mass is 32.1. The number of hydrogen-bond acceptors (Lipinski definition) is 8. The van der Waals surface area contributed by atoms with Crippen molar-refractivity contribution in [2.45, 2.75) is 0 Å². The first-order valence-corrected chi connectivity index (χ1v) is 8.72. The van der Waals surface area contributed by atoms with Gasteiger partial charge in [-0.3, -0.25) is 19.0 Å². The van der Waals surface area contributed by atoms with Crippen LogP contribution in [0.4, 0.5) is 5.82 Å². The highest BCUT2D eigenvalue weighted by Crippen LogP contribution is 2.36. The third-order valence-corrected chi connectivity index (χ3v) is 4.76. The minimum Gasteiger partial charge on any atom is -0.468 e. The van der Waals surface area contributed by atoms with Crippen LogP contribution in [0.3, 0.4) is 0 Å². The van der Waals surface area contributed by atoms with Crippen molar-refractivity contribution in [1.29, 1.82) is 0 Å². The first kappa shape index (κ1) is 18.4. The highest BCUT2D eigenvalue weighted by molar-refractivity contribution is 7.13. The molecule has 0 radical (unpaired) electrons. The Labute approximate surface area is 159 Å². The van der Waals surface area contributed by atoms with E-state index in [0.29, 0.717) is 22.7 Å². The van der Waals surface area contributed by atoms with Crippen molar-refractivity contribution >= 4 is 34.7 Å². The maximum atomic E-state index is 12.0. The Hall–Kier alpha value is -3.38. The molecule has 0 saturated heterocycles. The van der Waals surface area contributed by atoms with E-state index in [9.17, 15) is 9.59 Å². The molecule has 3 heterocycles. The summed E-state index contributed by atoms with van der Waals surface area (Å²) in [6, 6.07) is 1.82. The second-order valence-electron chi connectivity index (χ2n) is 5.40. The van der Waals surface area contributed by atoms with Gasteiger partial charge in [-0.05, 0) is 11.4 Å². The minimum absolute atomic E-state index is 0.161. The van der Waals surface area contributed by atoms with Crippen LogP contribution in [-0.4, -0.2) is 53.6 Å². The SMILES string of the molecule is C#Cc1ccsc1-c1nc2cnccn2c1N(CC(=O)OC)CC(=O)OC. The number of esters is 2. The molecule has 0 amide bonds. The van der Waals surface area contributed by atoms with Crippen LogP contribution >= 0.6 is 11.3 Å². The van der Waals surface area contributed by atoms with Crippen molar-refractivity contribution in [2.24, 2.45) is 0 Å². The van der Waals surface area contributed by atoms with Gasteiger partial charge >= 0.3 is 11.9 Å². The van der Waals surface area contributed by atoms with Crippen LogP contribution in [0, 0.1) is 12.3 Å². The molecule has 0 aliphatic heterocycles. The van der Waals surface area contributed by atoms with Crippen LogP contribution in [0.15, 0.2) is 30.0 Å². The number of fused-ring (bicyclic) bond motifs is 1. The van der Waals surface area contributed by atoms with E-state index in [1.165, 1.54) is 25.6 Å².